The third kappa shape index (κ3) is 2.76. The lowest BCUT2D eigenvalue weighted by Crippen LogP contribution is -2.05. The minimum Gasteiger partial charge on any atom is -0.402 e. The molecule has 1 aliphatic rings. The van der Waals surface area contributed by atoms with Crippen LogP contribution in [0.25, 0.3) is 6.08 Å². The lowest BCUT2D eigenvalue weighted by molar-refractivity contribution is -0.129. The number of halogens is 1. The fraction of sp³-hybridized carbons (Fsp3) is 0. The van der Waals surface area contributed by atoms with Crippen molar-refractivity contribution < 1.29 is 9.53 Å². The van der Waals surface area contributed by atoms with Crippen LogP contribution in [0.2, 0.25) is 5.02 Å². The van der Waals surface area contributed by atoms with E-state index >= 15 is 0 Å². The lowest BCUT2D eigenvalue weighted by atomic mass is 10.1. The molecule has 0 aromatic heterocycles. The number of ether oxygens (including phenoxy) is 1. The van der Waals surface area contributed by atoms with Gasteiger partial charge in [0.05, 0.1) is 22.2 Å². The molecule has 1 aliphatic heterocycles. The number of hydrogen-bond acceptors (Lipinski definition) is 4. The summed E-state index contributed by atoms with van der Waals surface area (Å²) in [6.45, 7) is 0. The Hall–Kier alpha value is -2.90. The molecule has 5 heteroatoms. The second-order valence-electron chi connectivity index (χ2n) is 4.55. The Balaban J connectivity index is 1.94. The minimum atomic E-state index is -0.528. The Morgan fingerprint density at radius 2 is 1.86 bits per heavy atom. The molecule has 0 saturated heterocycles. The predicted molar refractivity (Wildman–Crippen MR) is 83.2 cm³/mol. The molecule has 4 nitrogen and oxygen atoms in total. The topological polar surface area (TPSA) is 62.4 Å². The van der Waals surface area contributed by atoms with Crippen molar-refractivity contribution in [2.24, 2.45) is 4.99 Å². The van der Waals surface area contributed by atoms with Gasteiger partial charge in [0.1, 0.15) is 0 Å². The van der Waals surface area contributed by atoms with Gasteiger partial charge >= 0.3 is 5.97 Å². The summed E-state index contributed by atoms with van der Waals surface area (Å²) < 4.78 is 5.16. The summed E-state index contributed by atoms with van der Waals surface area (Å²) in [7, 11) is 0. The molecular formula is C17H9ClN2O2. The number of nitriles is 1. The number of esters is 1. The number of aliphatic imine (C=N–C) groups is 1. The first-order valence-corrected chi connectivity index (χ1v) is 6.83. The number of nitrogens with zero attached hydrogens (tertiary/aromatic N) is 2. The molecule has 0 saturated carbocycles. The number of carbonyl (C=O) groups is 1. The highest BCUT2D eigenvalue weighted by Crippen LogP contribution is 2.23. The molecule has 106 valence electrons. The maximum Gasteiger partial charge on any atom is 0.363 e. The van der Waals surface area contributed by atoms with Crippen molar-refractivity contribution in [2.45, 2.75) is 0 Å². The van der Waals surface area contributed by atoms with E-state index in [4.69, 9.17) is 21.6 Å². The van der Waals surface area contributed by atoms with Crippen LogP contribution in [0.4, 0.5) is 0 Å². The van der Waals surface area contributed by atoms with Crippen LogP contribution >= 0.6 is 11.6 Å². The maximum absolute atomic E-state index is 11.9. The molecule has 22 heavy (non-hydrogen) atoms. The van der Waals surface area contributed by atoms with E-state index in [0.717, 1.165) is 5.56 Å². The highest BCUT2D eigenvalue weighted by molar-refractivity contribution is 6.34. The van der Waals surface area contributed by atoms with E-state index in [2.05, 4.69) is 4.99 Å². The summed E-state index contributed by atoms with van der Waals surface area (Å²) in [6, 6.07) is 15.9. The van der Waals surface area contributed by atoms with Gasteiger partial charge in [0, 0.05) is 0 Å². The monoisotopic (exact) mass is 308 g/mol. The van der Waals surface area contributed by atoms with Gasteiger partial charge in [0.15, 0.2) is 5.70 Å². The minimum absolute atomic E-state index is 0.190. The first kappa shape index (κ1) is 14.1. The fourth-order valence-corrected chi connectivity index (χ4v) is 2.19. The molecular weight excluding hydrogens is 300 g/mol. The van der Waals surface area contributed by atoms with Crippen LogP contribution in [0.3, 0.4) is 0 Å². The summed E-state index contributed by atoms with van der Waals surface area (Å²) in [4.78, 5) is 16.1. The van der Waals surface area contributed by atoms with Crippen LogP contribution in [0.15, 0.2) is 59.2 Å². The van der Waals surface area contributed by atoms with Gasteiger partial charge in [-0.3, -0.25) is 0 Å². The maximum atomic E-state index is 11.9. The van der Waals surface area contributed by atoms with Crippen molar-refractivity contribution in [2.75, 3.05) is 0 Å². The van der Waals surface area contributed by atoms with Crippen LogP contribution in [-0.2, 0) is 9.53 Å². The molecule has 2 aromatic carbocycles. The Morgan fingerprint density at radius 3 is 2.55 bits per heavy atom. The van der Waals surface area contributed by atoms with Crippen molar-refractivity contribution in [3.8, 4) is 6.07 Å². The lowest BCUT2D eigenvalue weighted by Gasteiger charge is -2.00. The molecule has 0 fully saturated rings. The van der Waals surface area contributed by atoms with Gasteiger partial charge in [-0.15, -0.1) is 0 Å². The number of cyclic esters (lactones) is 1. The van der Waals surface area contributed by atoms with Crippen molar-refractivity contribution in [3.05, 3.63) is 75.9 Å². The van der Waals surface area contributed by atoms with Crippen molar-refractivity contribution in [1.82, 2.24) is 0 Å². The molecule has 3 rings (SSSR count). The zero-order chi connectivity index (χ0) is 15.5. The average Bonchev–Trinajstić information content (AvgIpc) is 2.89. The standard InChI is InChI=1S/C17H9ClN2O2/c18-14-4-2-1-3-13(14)16-20-15(17(21)22-16)9-11-5-7-12(10-19)8-6-11/h1-9H. The fourth-order valence-electron chi connectivity index (χ4n) is 1.97. The van der Waals surface area contributed by atoms with Gasteiger partial charge in [-0.1, -0.05) is 35.9 Å². The quantitative estimate of drug-likeness (QED) is 0.629. The van der Waals surface area contributed by atoms with Crippen molar-refractivity contribution in [1.29, 1.82) is 5.26 Å². The second-order valence-corrected chi connectivity index (χ2v) is 4.96. The molecule has 0 spiro atoms. The van der Waals surface area contributed by atoms with E-state index in [0.29, 0.717) is 16.1 Å². The van der Waals surface area contributed by atoms with Crippen molar-refractivity contribution in [3.63, 3.8) is 0 Å². The summed E-state index contributed by atoms with van der Waals surface area (Å²) in [5.41, 5.74) is 2.08. The SMILES string of the molecule is N#Cc1ccc(C=C2N=C(c3ccccc3Cl)OC2=O)cc1. The van der Waals surface area contributed by atoms with E-state index in [1.54, 1.807) is 54.6 Å². The third-order valence-corrected chi connectivity index (χ3v) is 3.40. The van der Waals surface area contributed by atoms with E-state index in [-0.39, 0.29) is 11.6 Å². The van der Waals surface area contributed by atoms with Gasteiger partial charge in [-0.05, 0) is 35.9 Å². The normalized spacial score (nSPS) is 15.4. The molecule has 1 heterocycles. The largest absolute Gasteiger partial charge is 0.402 e. The van der Waals surface area contributed by atoms with Crippen LogP contribution in [0.5, 0.6) is 0 Å². The smallest absolute Gasteiger partial charge is 0.363 e. The molecule has 0 atom stereocenters. The molecule has 0 aliphatic carbocycles. The molecule has 0 bridgehead atoms. The molecule has 0 amide bonds. The van der Waals surface area contributed by atoms with Crippen LogP contribution < -0.4 is 0 Å². The van der Waals surface area contributed by atoms with Gasteiger partial charge in [0.25, 0.3) is 0 Å². The number of carbonyl (C=O) groups excluding carboxylic acids is 1. The summed E-state index contributed by atoms with van der Waals surface area (Å²) in [5, 5.41) is 9.23. The first-order valence-electron chi connectivity index (χ1n) is 6.45. The average molecular weight is 309 g/mol. The number of hydrogen-bond donors (Lipinski definition) is 0. The Morgan fingerprint density at radius 1 is 1.14 bits per heavy atom. The van der Waals surface area contributed by atoms with E-state index in [1.165, 1.54) is 0 Å². The van der Waals surface area contributed by atoms with Crippen molar-refractivity contribution >= 4 is 29.5 Å². The highest BCUT2D eigenvalue weighted by Gasteiger charge is 2.25. The van der Waals surface area contributed by atoms with E-state index < -0.39 is 5.97 Å². The Bertz CT molecular complexity index is 846. The third-order valence-electron chi connectivity index (χ3n) is 3.07. The van der Waals surface area contributed by atoms with Gasteiger partial charge in [-0.2, -0.15) is 5.26 Å². The summed E-state index contributed by atoms with van der Waals surface area (Å²) in [5.74, 6) is -0.338. The molecule has 0 unspecified atom stereocenters. The van der Waals surface area contributed by atoms with E-state index in [9.17, 15) is 4.79 Å². The zero-order valence-corrected chi connectivity index (χ0v) is 12.0. The highest BCUT2D eigenvalue weighted by atomic mass is 35.5. The van der Waals surface area contributed by atoms with Crippen LogP contribution in [0.1, 0.15) is 16.7 Å². The number of rotatable bonds is 2. The predicted octanol–water partition coefficient (Wildman–Crippen LogP) is 3.56. The van der Waals surface area contributed by atoms with Crippen LogP contribution in [-0.4, -0.2) is 11.9 Å². The second kappa shape index (κ2) is 5.84. The Labute approximate surface area is 131 Å². The zero-order valence-electron chi connectivity index (χ0n) is 11.3. The summed E-state index contributed by atoms with van der Waals surface area (Å²) >= 11 is 6.07. The van der Waals surface area contributed by atoms with Gasteiger partial charge < -0.3 is 4.74 Å². The molecule has 0 N–H and O–H groups in total. The summed E-state index contributed by atoms with van der Waals surface area (Å²) in [6.07, 6.45) is 1.60. The first-order chi connectivity index (χ1) is 10.7. The number of benzene rings is 2. The molecule has 2 aromatic rings. The van der Waals surface area contributed by atoms with Crippen LogP contribution in [0, 0.1) is 11.3 Å². The van der Waals surface area contributed by atoms with E-state index in [1.807, 2.05) is 6.07 Å². The van der Waals surface area contributed by atoms with Gasteiger partial charge in [-0.25, -0.2) is 9.79 Å². The molecule has 0 radical (unpaired) electrons. The Kier molecular flexibility index (Phi) is 3.73. The van der Waals surface area contributed by atoms with Gasteiger partial charge in [0.2, 0.25) is 5.90 Å².